The number of piperidine rings is 1. The van der Waals surface area contributed by atoms with E-state index in [4.69, 9.17) is 4.74 Å². The van der Waals surface area contributed by atoms with Crippen molar-refractivity contribution in [3.8, 4) is 5.75 Å². The topological polar surface area (TPSA) is 105 Å². The lowest BCUT2D eigenvalue weighted by Gasteiger charge is -2.31. The summed E-state index contributed by atoms with van der Waals surface area (Å²) in [6.45, 7) is 1.09. The van der Waals surface area contributed by atoms with Gasteiger partial charge >= 0.3 is 0 Å². The highest BCUT2D eigenvalue weighted by molar-refractivity contribution is 7.89. The van der Waals surface area contributed by atoms with Crippen LogP contribution >= 0.6 is 0 Å². The maximum Gasteiger partial charge on any atom is 0.262 e. The molecule has 4 rings (SSSR count). The van der Waals surface area contributed by atoms with Crippen LogP contribution < -0.4 is 15.4 Å². The van der Waals surface area contributed by atoms with Crippen LogP contribution in [0.25, 0.3) is 0 Å². The minimum absolute atomic E-state index is 0.0104. The fraction of sp³-hybridized carbons (Fsp3) is 0.391. The van der Waals surface area contributed by atoms with Crippen LogP contribution in [0.15, 0.2) is 53.4 Å². The molecule has 2 amide bonds. The molecule has 0 unspecified atom stereocenters. The van der Waals surface area contributed by atoms with Crippen LogP contribution in [0.2, 0.25) is 0 Å². The number of anilines is 1. The van der Waals surface area contributed by atoms with Gasteiger partial charge in [0, 0.05) is 25.6 Å². The quantitative estimate of drug-likeness (QED) is 0.620. The maximum absolute atomic E-state index is 13.0. The largest absolute Gasteiger partial charge is 0.482 e. The van der Waals surface area contributed by atoms with Crippen molar-refractivity contribution in [3.63, 3.8) is 0 Å². The molecule has 2 N–H and O–H groups in total. The summed E-state index contributed by atoms with van der Waals surface area (Å²) < 4.78 is 32.8. The summed E-state index contributed by atoms with van der Waals surface area (Å²) in [6.07, 6.45) is 2.73. The zero-order valence-corrected chi connectivity index (χ0v) is 18.6. The normalized spacial score (nSPS) is 17.2. The van der Waals surface area contributed by atoms with E-state index in [-0.39, 0.29) is 42.3 Å². The number of nitrogens with zero attached hydrogens (tertiary/aromatic N) is 1. The molecular formula is C23H27N3O5S. The van der Waals surface area contributed by atoms with Crippen molar-refractivity contribution in [3.05, 3.63) is 54.1 Å². The monoisotopic (exact) mass is 457 g/mol. The number of sulfonamides is 1. The summed E-state index contributed by atoms with van der Waals surface area (Å²) >= 11 is 0. The Morgan fingerprint density at radius 3 is 2.62 bits per heavy atom. The van der Waals surface area contributed by atoms with E-state index in [0.29, 0.717) is 30.8 Å². The third kappa shape index (κ3) is 5.11. The van der Waals surface area contributed by atoms with Crippen molar-refractivity contribution in [2.24, 2.45) is 5.92 Å². The molecule has 0 atom stereocenters. The summed E-state index contributed by atoms with van der Waals surface area (Å²) in [5.41, 5.74) is 1.60. The predicted molar refractivity (Wildman–Crippen MR) is 120 cm³/mol. The second kappa shape index (κ2) is 9.70. The van der Waals surface area contributed by atoms with Crippen LogP contribution in [-0.2, 0) is 26.0 Å². The van der Waals surface area contributed by atoms with Gasteiger partial charge in [0.2, 0.25) is 15.9 Å². The Morgan fingerprint density at radius 1 is 1.12 bits per heavy atom. The van der Waals surface area contributed by atoms with Gasteiger partial charge in [0.25, 0.3) is 5.91 Å². The minimum Gasteiger partial charge on any atom is -0.482 e. The van der Waals surface area contributed by atoms with Crippen LogP contribution in [0.1, 0.15) is 24.8 Å². The first-order valence-electron chi connectivity index (χ1n) is 10.8. The van der Waals surface area contributed by atoms with Crippen molar-refractivity contribution >= 4 is 27.5 Å². The van der Waals surface area contributed by atoms with E-state index >= 15 is 0 Å². The lowest BCUT2D eigenvalue weighted by molar-refractivity contribution is -0.126. The molecule has 1 fully saturated rings. The Kier molecular flexibility index (Phi) is 6.76. The molecule has 0 aromatic heterocycles. The highest BCUT2D eigenvalue weighted by atomic mass is 32.2. The third-order valence-corrected chi connectivity index (χ3v) is 7.73. The first-order chi connectivity index (χ1) is 15.4. The van der Waals surface area contributed by atoms with Gasteiger partial charge in [0.05, 0.1) is 10.6 Å². The lowest BCUT2D eigenvalue weighted by atomic mass is 9.97. The summed E-state index contributed by atoms with van der Waals surface area (Å²) in [5.74, 6) is -0.0630. The number of nitrogens with one attached hydrogen (secondary N) is 2. The van der Waals surface area contributed by atoms with E-state index in [1.54, 1.807) is 6.07 Å². The fourth-order valence-corrected chi connectivity index (χ4v) is 5.52. The van der Waals surface area contributed by atoms with Crippen LogP contribution in [0.4, 0.5) is 5.69 Å². The van der Waals surface area contributed by atoms with E-state index in [0.717, 1.165) is 12.8 Å². The zero-order chi connectivity index (χ0) is 22.6. The SMILES string of the molecule is O=C1COc2ccc(S(=O)(=O)N3CCC(C(=O)NCCCc4ccccc4)CC3)cc2N1. The predicted octanol–water partition coefficient (Wildman–Crippen LogP) is 2.17. The number of amides is 2. The van der Waals surface area contributed by atoms with E-state index in [9.17, 15) is 18.0 Å². The van der Waals surface area contributed by atoms with Crippen LogP contribution in [-0.4, -0.2) is 50.8 Å². The van der Waals surface area contributed by atoms with Crippen molar-refractivity contribution < 1.29 is 22.7 Å². The average molecular weight is 458 g/mol. The molecule has 2 aromatic carbocycles. The van der Waals surface area contributed by atoms with Gasteiger partial charge in [-0.15, -0.1) is 0 Å². The van der Waals surface area contributed by atoms with Crippen LogP contribution in [0.5, 0.6) is 5.75 Å². The van der Waals surface area contributed by atoms with Crippen molar-refractivity contribution in [2.45, 2.75) is 30.6 Å². The summed E-state index contributed by atoms with van der Waals surface area (Å²) in [7, 11) is -3.72. The van der Waals surface area contributed by atoms with Gasteiger partial charge < -0.3 is 15.4 Å². The number of ether oxygens (including phenoxy) is 1. The van der Waals surface area contributed by atoms with E-state index < -0.39 is 10.0 Å². The molecule has 9 heteroatoms. The summed E-state index contributed by atoms with van der Waals surface area (Å²) in [4.78, 5) is 24.1. The fourth-order valence-electron chi connectivity index (χ4n) is 4.02. The number of hydrogen-bond acceptors (Lipinski definition) is 5. The van der Waals surface area contributed by atoms with Crippen molar-refractivity contribution in [2.75, 3.05) is 31.6 Å². The number of fused-ring (bicyclic) bond motifs is 1. The number of hydrogen-bond donors (Lipinski definition) is 2. The molecule has 8 nitrogen and oxygen atoms in total. The standard InChI is InChI=1S/C23H27N3O5S/c27-22-16-31-21-9-8-19(15-20(21)25-22)32(29,30)26-13-10-18(11-14-26)23(28)24-12-4-7-17-5-2-1-3-6-17/h1-3,5-6,8-9,15,18H,4,7,10-14,16H2,(H,24,28)(H,25,27). The Labute approximate surface area is 188 Å². The molecule has 0 aliphatic carbocycles. The Hall–Kier alpha value is -2.91. The van der Waals surface area contributed by atoms with Gasteiger partial charge in [0.1, 0.15) is 5.75 Å². The molecular weight excluding hydrogens is 430 g/mol. The molecule has 0 saturated carbocycles. The summed E-state index contributed by atoms with van der Waals surface area (Å²) in [5, 5.41) is 5.62. The Bertz CT molecular complexity index is 1080. The molecule has 170 valence electrons. The van der Waals surface area contributed by atoms with Crippen LogP contribution in [0, 0.1) is 5.92 Å². The molecule has 2 heterocycles. The molecule has 0 bridgehead atoms. The number of carbonyl (C=O) groups excluding carboxylic acids is 2. The van der Waals surface area contributed by atoms with Gasteiger partial charge in [-0.3, -0.25) is 9.59 Å². The first-order valence-corrected chi connectivity index (χ1v) is 12.3. The average Bonchev–Trinajstić information content (AvgIpc) is 2.82. The number of aryl methyl sites for hydroxylation is 1. The number of benzene rings is 2. The van der Waals surface area contributed by atoms with E-state index in [2.05, 4.69) is 22.8 Å². The molecule has 32 heavy (non-hydrogen) atoms. The Balaban J connectivity index is 1.27. The van der Waals surface area contributed by atoms with Crippen molar-refractivity contribution in [1.29, 1.82) is 0 Å². The van der Waals surface area contributed by atoms with E-state index in [1.807, 2.05) is 18.2 Å². The number of rotatable bonds is 7. The first kappa shape index (κ1) is 22.3. The number of carbonyl (C=O) groups is 2. The second-order valence-electron chi connectivity index (χ2n) is 8.05. The minimum atomic E-state index is -3.72. The van der Waals surface area contributed by atoms with Gasteiger partial charge in [-0.1, -0.05) is 30.3 Å². The molecule has 2 aliphatic heterocycles. The highest BCUT2D eigenvalue weighted by Crippen LogP contribution is 2.32. The van der Waals surface area contributed by atoms with Gasteiger partial charge in [-0.05, 0) is 49.4 Å². The van der Waals surface area contributed by atoms with Gasteiger partial charge in [-0.25, -0.2) is 8.42 Å². The maximum atomic E-state index is 13.0. The van der Waals surface area contributed by atoms with Gasteiger partial charge in [0.15, 0.2) is 6.61 Å². The van der Waals surface area contributed by atoms with Crippen molar-refractivity contribution in [1.82, 2.24) is 9.62 Å². The highest BCUT2D eigenvalue weighted by Gasteiger charge is 2.32. The lowest BCUT2D eigenvalue weighted by Crippen LogP contribution is -2.43. The summed E-state index contributed by atoms with van der Waals surface area (Å²) in [6, 6.07) is 14.6. The zero-order valence-electron chi connectivity index (χ0n) is 17.7. The van der Waals surface area contributed by atoms with E-state index in [1.165, 1.54) is 22.0 Å². The van der Waals surface area contributed by atoms with Gasteiger partial charge in [-0.2, -0.15) is 4.31 Å². The molecule has 0 spiro atoms. The second-order valence-corrected chi connectivity index (χ2v) is 9.99. The smallest absolute Gasteiger partial charge is 0.262 e. The third-order valence-electron chi connectivity index (χ3n) is 5.83. The molecule has 2 aliphatic rings. The Morgan fingerprint density at radius 2 is 1.88 bits per heavy atom. The molecule has 1 saturated heterocycles. The molecule has 0 radical (unpaired) electrons. The van der Waals surface area contributed by atoms with Crippen LogP contribution in [0.3, 0.4) is 0 Å². The molecule has 2 aromatic rings.